The Balaban J connectivity index is 1.83. The summed E-state index contributed by atoms with van der Waals surface area (Å²) in [5.41, 5.74) is 5.11. The molecule has 0 aliphatic carbocycles. The normalized spacial score (nSPS) is 14.9. The van der Waals surface area contributed by atoms with Gasteiger partial charge in [-0.25, -0.2) is 9.80 Å². The highest BCUT2D eigenvalue weighted by molar-refractivity contribution is 9.10. The molecule has 1 N–H and O–H groups in total. The van der Waals surface area contributed by atoms with E-state index in [9.17, 15) is 14.4 Å². The lowest BCUT2D eigenvalue weighted by Crippen LogP contribution is -2.35. The molecule has 1 aliphatic heterocycles. The van der Waals surface area contributed by atoms with Crippen molar-refractivity contribution in [1.82, 2.24) is 5.43 Å². The number of esters is 1. The van der Waals surface area contributed by atoms with Crippen molar-refractivity contribution >= 4 is 51.2 Å². The third kappa shape index (κ3) is 4.32. The van der Waals surface area contributed by atoms with Crippen molar-refractivity contribution in [2.75, 3.05) is 30.6 Å². The predicted octanol–water partition coefficient (Wildman–Crippen LogP) is 3.15. The fraction of sp³-hybridized carbons (Fsp3) is 0.190. The Morgan fingerprint density at radius 1 is 1.17 bits per heavy atom. The van der Waals surface area contributed by atoms with Crippen molar-refractivity contribution in [3.05, 3.63) is 63.6 Å². The molecule has 1 heterocycles. The first-order valence-electron chi connectivity index (χ1n) is 8.93. The van der Waals surface area contributed by atoms with Crippen LogP contribution in [0.4, 0.5) is 11.4 Å². The number of halogens is 1. The molecule has 7 nitrogen and oxygen atoms in total. The molecule has 1 fully saturated rings. The maximum Gasteiger partial charge on any atom is 0.338 e. The monoisotopic (exact) mass is 457 g/mol. The molecule has 2 aromatic carbocycles. The molecule has 0 unspecified atom stereocenters. The molecular formula is C21H20BrN3O4. The standard InChI is InChI=1S/C21H20BrN3O4/c1-4-29-21(28)14-6-8-15(9-7-14)25-20(27)16(19(26)23-25)11-13-5-10-18(24(2)3)17(22)12-13/h5-12H,4H2,1-3H3,(H,23,26)/b16-11-. The Bertz CT molecular complexity index is 999. The van der Waals surface area contributed by atoms with Gasteiger partial charge in [0.1, 0.15) is 5.57 Å². The van der Waals surface area contributed by atoms with E-state index in [1.54, 1.807) is 37.3 Å². The molecule has 0 bridgehead atoms. The summed E-state index contributed by atoms with van der Waals surface area (Å²) in [5.74, 6) is -1.40. The first kappa shape index (κ1) is 20.6. The Kier molecular flexibility index (Phi) is 6.03. The van der Waals surface area contributed by atoms with E-state index in [0.29, 0.717) is 11.3 Å². The fourth-order valence-electron chi connectivity index (χ4n) is 2.84. The molecule has 3 rings (SSSR count). The third-order valence-electron chi connectivity index (χ3n) is 4.29. The highest BCUT2D eigenvalue weighted by Gasteiger charge is 2.34. The SMILES string of the molecule is CCOC(=O)c1ccc(N2NC(=O)/C(=C/c3ccc(N(C)C)c(Br)c3)C2=O)cc1. The minimum Gasteiger partial charge on any atom is -0.462 e. The van der Waals surface area contributed by atoms with Gasteiger partial charge >= 0.3 is 5.97 Å². The van der Waals surface area contributed by atoms with E-state index in [4.69, 9.17) is 4.74 Å². The van der Waals surface area contributed by atoms with E-state index in [-0.39, 0.29) is 12.2 Å². The van der Waals surface area contributed by atoms with Crippen LogP contribution in [0.1, 0.15) is 22.8 Å². The second-order valence-electron chi connectivity index (χ2n) is 6.51. The van der Waals surface area contributed by atoms with Crippen molar-refractivity contribution in [3.8, 4) is 0 Å². The van der Waals surface area contributed by atoms with Crippen LogP contribution < -0.4 is 15.3 Å². The third-order valence-corrected chi connectivity index (χ3v) is 4.93. The van der Waals surface area contributed by atoms with Crippen LogP contribution in [0.2, 0.25) is 0 Å². The number of carbonyl (C=O) groups excluding carboxylic acids is 3. The van der Waals surface area contributed by atoms with Crippen molar-refractivity contribution in [1.29, 1.82) is 0 Å². The van der Waals surface area contributed by atoms with Gasteiger partial charge in [-0.2, -0.15) is 0 Å². The minimum absolute atomic E-state index is 0.0315. The lowest BCUT2D eigenvalue weighted by atomic mass is 10.1. The number of rotatable bonds is 5. The molecule has 2 aromatic rings. The summed E-state index contributed by atoms with van der Waals surface area (Å²) < 4.78 is 5.80. The van der Waals surface area contributed by atoms with Crippen LogP contribution in [-0.2, 0) is 14.3 Å². The summed E-state index contributed by atoms with van der Waals surface area (Å²) in [4.78, 5) is 38.8. The van der Waals surface area contributed by atoms with Crippen LogP contribution in [0.3, 0.4) is 0 Å². The summed E-state index contributed by atoms with van der Waals surface area (Å²) in [6.45, 7) is 2.01. The van der Waals surface area contributed by atoms with Gasteiger partial charge < -0.3 is 9.64 Å². The van der Waals surface area contributed by atoms with Crippen LogP contribution in [0.5, 0.6) is 0 Å². The van der Waals surface area contributed by atoms with Gasteiger partial charge in [-0.1, -0.05) is 6.07 Å². The van der Waals surface area contributed by atoms with Crippen molar-refractivity contribution in [2.24, 2.45) is 0 Å². The van der Waals surface area contributed by atoms with Crippen LogP contribution in [0, 0.1) is 0 Å². The van der Waals surface area contributed by atoms with Crippen molar-refractivity contribution < 1.29 is 19.1 Å². The van der Waals surface area contributed by atoms with E-state index in [1.807, 2.05) is 37.2 Å². The van der Waals surface area contributed by atoms with Gasteiger partial charge in [0, 0.05) is 18.6 Å². The first-order chi connectivity index (χ1) is 13.8. The summed E-state index contributed by atoms with van der Waals surface area (Å²) in [6, 6.07) is 11.8. The average Bonchev–Trinajstić information content (AvgIpc) is 2.96. The number of hydrogen-bond acceptors (Lipinski definition) is 5. The van der Waals surface area contributed by atoms with Gasteiger partial charge in [0.2, 0.25) is 0 Å². The van der Waals surface area contributed by atoms with E-state index in [0.717, 1.165) is 20.7 Å². The number of nitrogens with zero attached hydrogens (tertiary/aromatic N) is 2. The molecule has 0 atom stereocenters. The van der Waals surface area contributed by atoms with E-state index in [2.05, 4.69) is 21.4 Å². The van der Waals surface area contributed by atoms with Crippen LogP contribution in [0.25, 0.3) is 6.08 Å². The molecule has 0 saturated carbocycles. The second-order valence-corrected chi connectivity index (χ2v) is 7.37. The smallest absolute Gasteiger partial charge is 0.338 e. The number of anilines is 2. The first-order valence-corrected chi connectivity index (χ1v) is 9.72. The highest BCUT2D eigenvalue weighted by atomic mass is 79.9. The predicted molar refractivity (Wildman–Crippen MR) is 114 cm³/mol. The molecule has 0 aromatic heterocycles. The number of benzene rings is 2. The molecule has 1 aliphatic rings. The Morgan fingerprint density at radius 2 is 1.86 bits per heavy atom. The topological polar surface area (TPSA) is 79.0 Å². The van der Waals surface area contributed by atoms with Gasteiger partial charge in [0.25, 0.3) is 11.8 Å². The summed E-state index contributed by atoms with van der Waals surface area (Å²) in [5, 5.41) is 1.16. The quantitative estimate of drug-likeness (QED) is 0.423. The highest BCUT2D eigenvalue weighted by Crippen LogP contribution is 2.28. The van der Waals surface area contributed by atoms with Crippen LogP contribution in [0.15, 0.2) is 52.5 Å². The number of amides is 2. The number of carbonyl (C=O) groups is 3. The molecular weight excluding hydrogens is 438 g/mol. The van der Waals surface area contributed by atoms with Gasteiger partial charge in [-0.3, -0.25) is 15.0 Å². The Hall–Kier alpha value is -3.13. The molecule has 29 heavy (non-hydrogen) atoms. The minimum atomic E-state index is -0.489. The largest absolute Gasteiger partial charge is 0.462 e. The summed E-state index contributed by atoms with van der Waals surface area (Å²) in [6.07, 6.45) is 1.55. The van der Waals surface area contributed by atoms with Gasteiger partial charge in [0.15, 0.2) is 0 Å². The second kappa shape index (κ2) is 8.48. The van der Waals surface area contributed by atoms with Crippen molar-refractivity contribution in [2.45, 2.75) is 6.92 Å². The molecule has 0 radical (unpaired) electrons. The van der Waals surface area contributed by atoms with E-state index in [1.165, 1.54) is 0 Å². The fourth-order valence-corrected chi connectivity index (χ4v) is 3.59. The number of hydrogen-bond donors (Lipinski definition) is 1. The maximum absolute atomic E-state index is 12.8. The van der Waals surface area contributed by atoms with E-state index < -0.39 is 17.8 Å². The van der Waals surface area contributed by atoms with Crippen LogP contribution in [-0.4, -0.2) is 38.5 Å². The molecule has 0 spiro atoms. The molecule has 1 saturated heterocycles. The van der Waals surface area contributed by atoms with Gasteiger partial charge in [-0.15, -0.1) is 0 Å². The average molecular weight is 458 g/mol. The number of nitrogens with one attached hydrogen (secondary N) is 1. The van der Waals surface area contributed by atoms with Crippen LogP contribution >= 0.6 is 15.9 Å². The van der Waals surface area contributed by atoms with E-state index >= 15 is 0 Å². The van der Waals surface area contributed by atoms with Gasteiger partial charge in [-0.05, 0) is 70.9 Å². The lowest BCUT2D eigenvalue weighted by Gasteiger charge is -2.15. The Labute approximate surface area is 177 Å². The Morgan fingerprint density at radius 3 is 2.45 bits per heavy atom. The zero-order valence-corrected chi connectivity index (χ0v) is 17.8. The summed E-state index contributed by atoms with van der Waals surface area (Å²) in [7, 11) is 3.86. The lowest BCUT2D eigenvalue weighted by molar-refractivity contribution is -0.117. The number of hydrazine groups is 1. The summed E-state index contributed by atoms with van der Waals surface area (Å²) >= 11 is 3.50. The zero-order chi connectivity index (χ0) is 21.1. The molecule has 2 amide bonds. The number of ether oxygens (including phenoxy) is 1. The van der Waals surface area contributed by atoms with Crippen molar-refractivity contribution in [3.63, 3.8) is 0 Å². The van der Waals surface area contributed by atoms with Gasteiger partial charge in [0.05, 0.1) is 23.5 Å². The zero-order valence-electron chi connectivity index (χ0n) is 16.2. The maximum atomic E-state index is 12.8. The molecule has 150 valence electrons. The molecule has 8 heteroatoms.